The Morgan fingerprint density at radius 2 is 2.25 bits per heavy atom. The Labute approximate surface area is 142 Å². The Balaban J connectivity index is 1.77. The number of ether oxygens (including phenoxy) is 1. The van der Waals surface area contributed by atoms with Crippen molar-refractivity contribution in [2.24, 2.45) is 0 Å². The molecular weight excluding hydrogens is 334 g/mol. The van der Waals surface area contributed by atoms with Gasteiger partial charge in [0, 0.05) is 12.3 Å². The lowest BCUT2D eigenvalue weighted by atomic mass is 9.96. The summed E-state index contributed by atoms with van der Waals surface area (Å²) in [6, 6.07) is 0. The standard InChI is InChI=1S/C14H19N5O4S/c1-14(22)10(21)8(5-20)23-13(14)18-7-17-9-11(18)15-6-16-12(9)19-3-2-4-24-19/h6-8,10,13,20-22H,2-5H2,1H3. The fraction of sp³-hybridized carbons (Fsp3) is 0.643. The van der Waals surface area contributed by atoms with Gasteiger partial charge in [-0.2, -0.15) is 0 Å². The number of aliphatic hydroxyl groups excluding tert-OH is 2. The van der Waals surface area contributed by atoms with Gasteiger partial charge in [-0.15, -0.1) is 0 Å². The van der Waals surface area contributed by atoms with Crippen molar-refractivity contribution in [3.05, 3.63) is 12.7 Å². The molecule has 24 heavy (non-hydrogen) atoms. The maximum Gasteiger partial charge on any atom is 0.170 e. The van der Waals surface area contributed by atoms with Gasteiger partial charge < -0.3 is 20.1 Å². The largest absolute Gasteiger partial charge is 0.394 e. The number of imidazole rings is 1. The van der Waals surface area contributed by atoms with E-state index in [0.29, 0.717) is 11.2 Å². The van der Waals surface area contributed by atoms with Crippen LogP contribution in [0, 0.1) is 0 Å². The van der Waals surface area contributed by atoms with Gasteiger partial charge in [0.15, 0.2) is 23.2 Å². The second-order valence-electron chi connectivity index (χ2n) is 6.19. The molecule has 0 amide bonds. The summed E-state index contributed by atoms with van der Waals surface area (Å²) in [5, 5.41) is 30.1. The molecule has 4 unspecified atom stereocenters. The summed E-state index contributed by atoms with van der Waals surface area (Å²) in [6.45, 7) is 1.99. The molecule has 0 aliphatic carbocycles. The summed E-state index contributed by atoms with van der Waals surface area (Å²) in [4.78, 5) is 13.0. The van der Waals surface area contributed by atoms with Crippen LogP contribution in [0.3, 0.4) is 0 Å². The number of anilines is 1. The van der Waals surface area contributed by atoms with E-state index in [1.165, 1.54) is 19.6 Å². The van der Waals surface area contributed by atoms with Crippen molar-refractivity contribution in [3.63, 3.8) is 0 Å². The average Bonchev–Trinajstić information content (AvgIpc) is 3.28. The normalized spacial score (nSPS) is 33.7. The first-order valence-corrected chi connectivity index (χ1v) is 8.73. The van der Waals surface area contributed by atoms with E-state index in [2.05, 4.69) is 19.3 Å². The van der Waals surface area contributed by atoms with E-state index in [-0.39, 0.29) is 6.61 Å². The van der Waals surface area contributed by atoms with Crippen LogP contribution in [0.2, 0.25) is 0 Å². The van der Waals surface area contributed by atoms with Crippen LogP contribution in [0.1, 0.15) is 19.6 Å². The molecule has 10 heteroatoms. The van der Waals surface area contributed by atoms with E-state index >= 15 is 0 Å². The Morgan fingerprint density at radius 3 is 2.92 bits per heavy atom. The summed E-state index contributed by atoms with van der Waals surface area (Å²) in [5.74, 6) is 1.77. The highest BCUT2D eigenvalue weighted by Crippen LogP contribution is 2.40. The van der Waals surface area contributed by atoms with E-state index in [9.17, 15) is 15.3 Å². The molecule has 0 saturated carbocycles. The van der Waals surface area contributed by atoms with Crippen LogP contribution >= 0.6 is 11.9 Å². The molecular formula is C14H19N5O4S. The van der Waals surface area contributed by atoms with Crippen LogP contribution in [0.5, 0.6) is 0 Å². The van der Waals surface area contributed by atoms with Crippen molar-refractivity contribution in [1.82, 2.24) is 19.5 Å². The molecule has 2 aliphatic heterocycles. The molecule has 3 N–H and O–H groups in total. The van der Waals surface area contributed by atoms with E-state index in [1.807, 2.05) is 0 Å². The van der Waals surface area contributed by atoms with Crippen LogP contribution in [0.15, 0.2) is 12.7 Å². The number of aliphatic hydroxyl groups is 3. The zero-order valence-electron chi connectivity index (χ0n) is 13.1. The first kappa shape index (κ1) is 16.0. The quantitative estimate of drug-likeness (QED) is 0.639. The summed E-state index contributed by atoms with van der Waals surface area (Å²) in [5.41, 5.74) is -0.439. The van der Waals surface area contributed by atoms with Gasteiger partial charge in [-0.05, 0) is 25.3 Å². The highest BCUT2D eigenvalue weighted by atomic mass is 32.2. The van der Waals surface area contributed by atoms with Gasteiger partial charge in [-0.1, -0.05) is 0 Å². The van der Waals surface area contributed by atoms with Crippen molar-refractivity contribution >= 4 is 28.9 Å². The van der Waals surface area contributed by atoms with E-state index in [4.69, 9.17) is 4.74 Å². The zero-order valence-corrected chi connectivity index (χ0v) is 13.9. The number of hydrogen-bond acceptors (Lipinski definition) is 9. The van der Waals surface area contributed by atoms with Crippen molar-refractivity contribution in [2.75, 3.05) is 23.2 Å². The van der Waals surface area contributed by atoms with Crippen molar-refractivity contribution in [2.45, 2.75) is 37.4 Å². The Bertz CT molecular complexity index is 748. The highest BCUT2D eigenvalue weighted by Gasteiger charge is 2.53. The molecule has 0 spiro atoms. The first-order chi connectivity index (χ1) is 11.5. The van der Waals surface area contributed by atoms with Gasteiger partial charge in [0.25, 0.3) is 0 Å². The number of aromatic nitrogens is 4. The molecule has 4 rings (SSSR count). The molecule has 2 fully saturated rings. The van der Waals surface area contributed by atoms with Crippen LogP contribution in [0.25, 0.3) is 11.2 Å². The lowest BCUT2D eigenvalue weighted by Crippen LogP contribution is -2.44. The maximum atomic E-state index is 10.6. The lowest BCUT2D eigenvalue weighted by molar-refractivity contribution is -0.0950. The predicted molar refractivity (Wildman–Crippen MR) is 87.4 cm³/mol. The van der Waals surface area contributed by atoms with Crippen LogP contribution in [-0.4, -0.2) is 71.6 Å². The topological polar surface area (TPSA) is 117 Å². The zero-order chi connectivity index (χ0) is 16.9. The number of fused-ring (bicyclic) bond motifs is 1. The minimum atomic E-state index is -1.57. The molecule has 130 valence electrons. The van der Waals surface area contributed by atoms with Gasteiger partial charge >= 0.3 is 0 Å². The third-order valence-corrected chi connectivity index (χ3v) is 5.65. The summed E-state index contributed by atoms with van der Waals surface area (Å²) < 4.78 is 9.32. The van der Waals surface area contributed by atoms with Crippen molar-refractivity contribution < 1.29 is 20.1 Å². The Kier molecular flexibility index (Phi) is 3.88. The number of nitrogens with zero attached hydrogens (tertiary/aromatic N) is 5. The monoisotopic (exact) mass is 353 g/mol. The number of hydrogen-bond donors (Lipinski definition) is 3. The maximum absolute atomic E-state index is 10.6. The molecule has 4 heterocycles. The van der Waals surface area contributed by atoms with E-state index in [1.54, 1.807) is 16.5 Å². The van der Waals surface area contributed by atoms with Crippen molar-refractivity contribution in [3.8, 4) is 0 Å². The van der Waals surface area contributed by atoms with E-state index in [0.717, 1.165) is 24.5 Å². The third-order valence-electron chi connectivity index (χ3n) is 4.52. The average molecular weight is 353 g/mol. The van der Waals surface area contributed by atoms with Gasteiger partial charge in [-0.25, -0.2) is 15.0 Å². The molecule has 2 aromatic heterocycles. The SMILES string of the molecule is CC1(O)C(O)C(CO)OC1n1cnc2c(N3CCCS3)ncnc21. The minimum Gasteiger partial charge on any atom is -0.394 e. The molecule has 2 aliphatic rings. The molecule has 9 nitrogen and oxygen atoms in total. The van der Waals surface area contributed by atoms with Crippen LogP contribution in [0.4, 0.5) is 5.82 Å². The molecule has 0 radical (unpaired) electrons. The summed E-state index contributed by atoms with van der Waals surface area (Å²) >= 11 is 1.70. The fourth-order valence-electron chi connectivity index (χ4n) is 3.20. The fourth-order valence-corrected chi connectivity index (χ4v) is 4.19. The second-order valence-corrected chi connectivity index (χ2v) is 7.30. The summed E-state index contributed by atoms with van der Waals surface area (Å²) in [6.07, 6.45) is 1.09. The highest BCUT2D eigenvalue weighted by molar-refractivity contribution is 8.00. The van der Waals surface area contributed by atoms with Gasteiger partial charge in [-0.3, -0.25) is 8.87 Å². The van der Waals surface area contributed by atoms with E-state index < -0.39 is 24.0 Å². The third kappa shape index (κ3) is 2.29. The Hall–Kier alpha value is -1.46. The van der Waals surface area contributed by atoms with Crippen LogP contribution < -0.4 is 4.31 Å². The Morgan fingerprint density at radius 1 is 1.42 bits per heavy atom. The lowest BCUT2D eigenvalue weighted by Gasteiger charge is -2.27. The molecule has 4 atom stereocenters. The smallest absolute Gasteiger partial charge is 0.170 e. The van der Waals surface area contributed by atoms with Gasteiger partial charge in [0.2, 0.25) is 0 Å². The second kappa shape index (κ2) is 5.81. The van der Waals surface area contributed by atoms with Gasteiger partial charge in [0.05, 0.1) is 12.9 Å². The molecule has 0 aromatic carbocycles. The molecule has 2 saturated heterocycles. The minimum absolute atomic E-state index is 0.384. The van der Waals surface area contributed by atoms with Crippen LogP contribution in [-0.2, 0) is 4.74 Å². The molecule has 0 bridgehead atoms. The summed E-state index contributed by atoms with van der Waals surface area (Å²) in [7, 11) is 0. The predicted octanol–water partition coefficient (Wildman–Crippen LogP) is -0.314. The van der Waals surface area contributed by atoms with Crippen molar-refractivity contribution in [1.29, 1.82) is 0 Å². The molecule has 2 aromatic rings. The number of rotatable bonds is 3. The first-order valence-electron chi connectivity index (χ1n) is 7.78. The van der Waals surface area contributed by atoms with Gasteiger partial charge in [0.1, 0.15) is 24.1 Å².